The van der Waals surface area contributed by atoms with Crippen LogP contribution in [-0.4, -0.2) is 122 Å². The van der Waals surface area contributed by atoms with E-state index in [1.54, 1.807) is 60.6 Å². The molecule has 0 spiro atoms. The highest BCUT2D eigenvalue weighted by Gasteiger charge is 2.43. The first kappa shape index (κ1) is 47.6. The van der Waals surface area contributed by atoms with Gasteiger partial charge in [-0.15, -0.1) is 0 Å². The smallest absolute Gasteiger partial charge is 0.245 e. The molecule has 67 heavy (non-hydrogen) atoms. The quantitative estimate of drug-likeness (QED) is 0.143. The van der Waals surface area contributed by atoms with Crippen molar-refractivity contribution in [2.24, 2.45) is 13.0 Å². The number of ether oxygens (including phenoxy) is 2. The molecule has 0 unspecified atom stereocenters. The first-order chi connectivity index (χ1) is 32.4. The molecule has 0 aliphatic carbocycles. The van der Waals surface area contributed by atoms with Gasteiger partial charge in [0.05, 0.1) is 56.3 Å². The number of hydrogen-bond acceptors (Lipinski definition) is 10. The van der Waals surface area contributed by atoms with Crippen LogP contribution in [0.2, 0.25) is 10.0 Å². The number of aliphatic hydroxyl groups is 1. The maximum atomic E-state index is 14.9. The maximum absolute atomic E-state index is 14.9. The molecular formula is C50H56Cl2N8O7. The van der Waals surface area contributed by atoms with E-state index in [4.69, 9.17) is 37.7 Å². The van der Waals surface area contributed by atoms with Gasteiger partial charge < -0.3 is 39.6 Å². The van der Waals surface area contributed by atoms with Crippen LogP contribution in [0.3, 0.4) is 0 Å². The Morgan fingerprint density at radius 1 is 0.896 bits per heavy atom. The zero-order valence-electron chi connectivity index (χ0n) is 37.7. The van der Waals surface area contributed by atoms with Crippen LogP contribution < -0.4 is 15.4 Å². The number of piperidine rings is 1. The summed E-state index contributed by atoms with van der Waals surface area (Å²) in [6.07, 6.45) is 6.63. The molecule has 5 aromatic rings. The molecule has 3 aliphatic rings. The van der Waals surface area contributed by atoms with Gasteiger partial charge in [-0.25, -0.2) is 4.98 Å². The Labute approximate surface area is 400 Å². The number of nitrogens with one attached hydrogen (secondary N) is 2. The fourth-order valence-electron chi connectivity index (χ4n) is 9.24. The average Bonchev–Trinajstić information content (AvgIpc) is 3.69. The van der Waals surface area contributed by atoms with E-state index in [-0.39, 0.29) is 31.8 Å². The maximum Gasteiger partial charge on any atom is 0.245 e. The molecule has 2 bridgehead atoms. The van der Waals surface area contributed by atoms with Crippen molar-refractivity contribution in [2.45, 2.75) is 69.7 Å². The monoisotopic (exact) mass is 950 g/mol. The molecule has 15 nitrogen and oxygen atoms in total. The SMILES string of the molecule is C[C@H]1C(=O)N[C@@H](CO)C(=O)N[C@@]2(Cc3ccc(Cl)cc3)CCCN(C2)C(=O)[C@H](Cc2cccnc2)CC(=O)N1Cc1ccc(Cl)cc1Oc1ccc(-c2cnc(CN3CCOCC3)n2C)cc1. The third kappa shape index (κ3) is 11.7. The van der Waals surface area contributed by atoms with E-state index in [2.05, 4.69) is 25.1 Å². The van der Waals surface area contributed by atoms with Crippen LogP contribution >= 0.6 is 23.2 Å². The Bertz CT molecular complexity index is 2540. The van der Waals surface area contributed by atoms with Crippen molar-refractivity contribution in [3.8, 4) is 22.8 Å². The standard InChI is InChI=1S/C50H56Cl2N8O7/c1-33-47(63)55-42(31-61)48(64)56-50(26-34-6-11-39(51)12-7-34)16-4-18-59(32-50)49(65)38(23-35-5-3-17-53-27-35)24-46(62)60(33)29-37-8-13-40(52)25-44(37)67-41-14-9-36(10-15-41)43-28-54-45(57(43)2)30-58-19-21-66-22-20-58/h3,5-15,17,25,27-28,33,38,42,61H,4,16,18-24,26,29-32H2,1-2H3,(H,55,63)(H,56,64)/t33-,38+,42-,50+/m0/s1. The Morgan fingerprint density at radius 2 is 1.66 bits per heavy atom. The van der Waals surface area contributed by atoms with Crippen LogP contribution in [0.25, 0.3) is 11.3 Å². The van der Waals surface area contributed by atoms with E-state index in [9.17, 15) is 24.3 Å². The number of morpholine rings is 1. The van der Waals surface area contributed by atoms with Gasteiger partial charge in [0.2, 0.25) is 23.6 Å². The predicted octanol–water partition coefficient (Wildman–Crippen LogP) is 5.59. The van der Waals surface area contributed by atoms with Gasteiger partial charge in [0.15, 0.2) is 0 Å². The Balaban J connectivity index is 1.08. The van der Waals surface area contributed by atoms with Gasteiger partial charge in [0.1, 0.15) is 29.4 Å². The van der Waals surface area contributed by atoms with Crippen LogP contribution in [-0.2, 0) is 56.9 Å². The molecule has 3 saturated heterocycles. The first-order valence-corrected chi connectivity index (χ1v) is 23.4. The minimum Gasteiger partial charge on any atom is -0.457 e. The topological polar surface area (TPSA) is 171 Å². The van der Waals surface area contributed by atoms with Crippen LogP contribution in [0.4, 0.5) is 0 Å². The van der Waals surface area contributed by atoms with Crippen molar-refractivity contribution in [2.75, 3.05) is 46.0 Å². The van der Waals surface area contributed by atoms with E-state index < -0.39 is 47.9 Å². The fourth-order valence-corrected chi connectivity index (χ4v) is 9.53. The van der Waals surface area contributed by atoms with Crippen molar-refractivity contribution in [1.29, 1.82) is 0 Å². The summed E-state index contributed by atoms with van der Waals surface area (Å²) in [5.74, 6) is -1.01. The molecule has 4 amide bonds. The molecule has 0 saturated carbocycles. The molecule has 352 valence electrons. The van der Waals surface area contributed by atoms with Crippen molar-refractivity contribution < 1.29 is 33.8 Å². The molecule has 3 aromatic carbocycles. The Hall–Kier alpha value is -5.84. The molecule has 3 N–H and O–H groups in total. The number of carbonyl (C=O) groups is 4. The largest absolute Gasteiger partial charge is 0.457 e. The molecule has 3 aliphatic heterocycles. The molecule has 4 atom stereocenters. The third-order valence-corrected chi connectivity index (χ3v) is 13.5. The number of pyridine rings is 1. The third-order valence-electron chi connectivity index (χ3n) is 13.0. The predicted molar refractivity (Wildman–Crippen MR) is 253 cm³/mol. The minimum atomic E-state index is -1.35. The average molecular weight is 952 g/mol. The van der Waals surface area contributed by atoms with Gasteiger partial charge in [0, 0.05) is 73.2 Å². The zero-order chi connectivity index (χ0) is 47.1. The number of benzene rings is 3. The van der Waals surface area contributed by atoms with Crippen molar-refractivity contribution in [1.82, 2.24) is 39.9 Å². The van der Waals surface area contributed by atoms with E-state index in [1.165, 1.54) is 4.90 Å². The number of carbonyl (C=O) groups excluding carboxylic acids is 4. The molecular weight excluding hydrogens is 896 g/mol. The highest BCUT2D eigenvalue weighted by atomic mass is 35.5. The summed E-state index contributed by atoms with van der Waals surface area (Å²) in [4.78, 5) is 72.6. The highest BCUT2D eigenvalue weighted by Crippen LogP contribution is 2.34. The number of imidazole rings is 1. The van der Waals surface area contributed by atoms with Crippen LogP contribution in [0.5, 0.6) is 11.5 Å². The molecule has 3 fully saturated rings. The normalized spacial score (nSPS) is 22.3. The number of aliphatic hydroxyl groups excluding tert-OH is 1. The summed E-state index contributed by atoms with van der Waals surface area (Å²) in [5, 5.41) is 17.4. The van der Waals surface area contributed by atoms with E-state index in [0.29, 0.717) is 66.1 Å². The molecule has 8 rings (SSSR count). The van der Waals surface area contributed by atoms with Crippen molar-refractivity contribution >= 4 is 46.8 Å². The minimum absolute atomic E-state index is 0.114. The number of hydrogen-bond donors (Lipinski definition) is 3. The summed E-state index contributed by atoms with van der Waals surface area (Å²) in [6, 6.07) is 21.1. The molecule has 2 aromatic heterocycles. The van der Waals surface area contributed by atoms with Gasteiger partial charge in [-0.05, 0) is 98.3 Å². The van der Waals surface area contributed by atoms with E-state index in [0.717, 1.165) is 47.8 Å². The van der Waals surface area contributed by atoms with Crippen molar-refractivity contribution in [3.63, 3.8) is 0 Å². The van der Waals surface area contributed by atoms with Crippen LogP contribution in [0.1, 0.15) is 48.7 Å². The van der Waals surface area contributed by atoms with Gasteiger partial charge >= 0.3 is 0 Å². The number of halogens is 2. The first-order valence-electron chi connectivity index (χ1n) is 22.7. The highest BCUT2D eigenvalue weighted by molar-refractivity contribution is 6.31. The van der Waals surface area contributed by atoms with Gasteiger partial charge in [-0.2, -0.15) is 0 Å². The Kier molecular flexibility index (Phi) is 15.2. The lowest BCUT2D eigenvalue weighted by Gasteiger charge is -2.45. The number of rotatable bonds is 12. The van der Waals surface area contributed by atoms with Gasteiger partial charge in [-0.3, -0.25) is 29.1 Å². The lowest BCUT2D eigenvalue weighted by atomic mass is 9.81. The lowest BCUT2D eigenvalue weighted by molar-refractivity contribution is -0.147. The fraction of sp³-hybridized carbons (Fsp3) is 0.400. The summed E-state index contributed by atoms with van der Waals surface area (Å²) < 4.78 is 14.1. The summed E-state index contributed by atoms with van der Waals surface area (Å²) in [6.45, 7) is 5.18. The van der Waals surface area contributed by atoms with Crippen LogP contribution in [0.15, 0.2) is 97.5 Å². The molecule has 5 heterocycles. The number of nitrogens with zero attached hydrogens (tertiary/aromatic N) is 6. The van der Waals surface area contributed by atoms with E-state index >= 15 is 0 Å². The van der Waals surface area contributed by atoms with E-state index in [1.807, 2.05) is 55.7 Å². The van der Waals surface area contributed by atoms with Gasteiger partial charge in [-0.1, -0.05) is 47.5 Å². The van der Waals surface area contributed by atoms with Crippen molar-refractivity contribution in [3.05, 3.63) is 130 Å². The number of fused-ring (bicyclic) bond motifs is 2. The zero-order valence-corrected chi connectivity index (χ0v) is 39.2. The second-order valence-electron chi connectivity index (χ2n) is 17.7. The van der Waals surface area contributed by atoms with Gasteiger partial charge in [0.25, 0.3) is 0 Å². The number of aromatic nitrogens is 3. The lowest BCUT2D eigenvalue weighted by Crippen LogP contribution is -2.65. The number of amides is 4. The molecule has 0 radical (unpaired) electrons. The molecule has 17 heteroatoms. The second kappa shape index (κ2) is 21.4. The summed E-state index contributed by atoms with van der Waals surface area (Å²) in [7, 11) is 2.00. The summed E-state index contributed by atoms with van der Waals surface area (Å²) >= 11 is 12.8. The Morgan fingerprint density at radius 3 is 2.39 bits per heavy atom. The summed E-state index contributed by atoms with van der Waals surface area (Å²) in [5.41, 5.74) is 3.14. The second-order valence-corrected chi connectivity index (χ2v) is 18.6. The van der Waals surface area contributed by atoms with Crippen LogP contribution in [0, 0.1) is 5.92 Å².